The van der Waals surface area contributed by atoms with E-state index in [4.69, 9.17) is 4.74 Å². The Morgan fingerprint density at radius 3 is 1.87 bits per heavy atom. The van der Waals surface area contributed by atoms with Gasteiger partial charge < -0.3 is 14.5 Å². The largest absolute Gasteiger partial charge is 0.415 e. The van der Waals surface area contributed by atoms with Crippen LogP contribution in [0.1, 0.15) is 27.6 Å². The highest BCUT2D eigenvalue weighted by Crippen LogP contribution is 2.25. The Bertz CT molecular complexity index is 964. The molecule has 2 aromatic carbocycles. The van der Waals surface area contributed by atoms with Crippen LogP contribution in [0.3, 0.4) is 0 Å². The molecule has 0 aliphatic carbocycles. The van der Waals surface area contributed by atoms with Crippen molar-refractivity contribution < 1.29 is 23.9 Å². The summed E-state index contributed by atoms with van der Waals surface area (Å²) in [5, 5.41) is 0. The molecule has 1 unspecified atom stereocenters. The van der Waals surface area contributed by atoms with Crippen LogP contribution in [0, 0.1) is 0 Å². The Labute approximate surface area is 173 Å². The van der Waals surface area contributed by atoms with E-state index in [2.05, 4.69) is 0 Å². The van der Waals surface area contributed by atoms with Gasteiger partial charge in [-0.3, -0.25) is 19.3 Å². The summed E-state index contributed by atoms with van der Waals surface area (Å²) < 4.78 is 5.33. The first-order valence-electron chi connectivity index (χ1n) is 9.75. The van der Waals surface area contributed by atoms with E-state index in [1.165, 1.54) is 4.90 Å². The van der Waals surface area contributed by atoms with Crippen molar-refractivity contribution in [2.24, 2.45) is 0 Å². The minimum Gasteiger partial charge on any atom is -0.410 e. The number of hydrogen-bond donors (Lipinski definition) is 0. The van der Waals surface area contributed by atoms with Gasteiger partial charge in [0.1, 0.15) is 11.8 Å². The second-order valence-electron chi connectivity index (χ2n) is 7.20. The third kappa shape index (κ3) is 3.52. The number of piperazine rings is 1. The molecule has 4 rings (SSSR count). The van der Waals surface area contributed by atoms with Crippen LogP contribution in [0.4, 0.5) is 4.79 Å². The first-order valence-corrected chi connectivity index (χ1v) is 9.75. The maximum absolute atomic E-state index is 12.9. The monoisotopic (exact) mass is 407 g/mol. The first kappa shape index (κ1) is 19.6. The summed E-state index contributed by atoms with van der Waals surface area (Å²) >= 11 is 0. The molecule has 1 saturated heterocycles. The topological polar surface area (TPSA) is 87.2 Å². The smallest absolute Gasteiger partial charge is 0.410 e. The quantitative estimate of drug-likeness (QED) is 0.727. The third-order valence-corrected chi connectivity index (χ3v) is 5.37. The van der Waals surface area contributed by atoms with Gasteiger partial charge in [0.2, 0.25) is 5.91 Å². The molecular weight excluding hydrogens is 386 g/mol. The molecule has 4 amide bonds. The van der Waals surface area contributed by atoms with E-state index in [-0.39, 0.29) is 5.91 Å². The summed E-state index contributed by atoms with van der Waals surface area (Å²) in [5.74, 6) is -0.774. The molecule has 0 N–H and O–H groups in total. The van der Waals surface area contributed by atoms with E-state index in [0.29, 0.717) is 43.1 Å². The van der Waals surface area contributed by atoms with Gasteiger partial charge in [0, 0.05) is 26.2 Å². The summed E-state index contributed by atoms with van der Waals surface area (Å²) in [5.41, 5.74) is 0.631. The number of ether oxygens (including phenoxy) is 1. The molecule has 30 heavy (non-hydrogen) atoms. The molecule has 2 aromatic rings. The van der Waals surface area contributed by atoms with Gasteiger partial charge >= 0.3 is 6.09 Å². The van der Waals surface area contributed by atoms with E-state index in [1.807, 2.05) is 6.07 Å². The minimum absolute atomic E-state index is 0.302. The number of rotatable bonds is 3. The lowest BCUT2D eigenvalue weighted by Crippen LogP contribution is -2.56. The van der Waals surface area contributed by atoms with Crippen LogP contribution in [0.2, 0.25) is 0 Å². The average Bonchev–Trinajstić information content (AvgIpc) is 3.04. The highest BCUT2D eigenvalue weighted by atomic mass is 16.6. The summed E-state index contributed by atoms with van der Waals surface area (Å²) in [6.45, 7) is 2.78. The van der Waals surface area contributed by atoms with Crippen molar-refractivity contribution in [3.63, 3.8) is 0 Å². The van der Waals surface area contributed by atoms with Gasteiger partial charge in [-0.25, -0.2) is 4.79 Å². The number of nitrogens with zero attached hydrogens (tertiary/aromatic N) is 3. The van der Waals surface area contributed by atoms with E-state index in [1.54, 1.807) is 60.4 Å². The lowest BCUT2D eigenvalue weighted by Gasteiger charge is -2.36. The van der Waals surface area contributed by atoms with Crippen molar-refractivity contribution in [2.45, 2.75) is 13.0 Å². The average molecular weight is 407 g/mol. The van der Waals surface area contributed by atoms with Gasteiger partial charge in [-0.15, -0.1) is 0 Å². The van der Waals surface area contributed by atoms with Gasteiger partial charge in [0.05, 0.1) is 11.1 Å². The van der Waals surface area contributed by atoms with Crippen molar-refractivity contribution in [1.29, 1.82) is 0 Å². The fraction of sp³-hybridized carbons (Fsp3) is 0.273. The molecule has 0 radical (unpaired) electrons. The molecule has 0 aromatic heterocycles. The Hall–Kier alpha value is -3.68. The summed E-state index contributed by atoms with van der Waals surface area (Å²) in [4.78, 5) is 54.6. The zero-order valence-electron chi connectivity index (χ0n) is 16.5. The fourth-order valence-corrected chi connectivity index (χ4v) is 3.70. The van der Waals surface area contributed by atoms with Gasteiger partial charge in [-0.1, -0.05) is 30.3 Å². The number of carbonyl (C=O) groups excluding carboxylic acids is 4. The maximum Gasteiger partial charge on any atom is 0.415 e. The summed E-state index contributed by atoms with van der Waals surface area (Å²) in [6.07, 6.45) is -0.471. The van der Waals surface area contributed by atoms with Crippen molar-refractivity contribution in [1.82, 2.24) is 14.7 Å². The zero-order chi connectivity index (χ0) is 21.3. The predicted octanol–water partition coefficient (Wildman–Crippen LogP) is 2.01. The summed E-state index contributed by atoms with van der Waals surface area (Å²) in [6, 6.07) is 14.4. The lowest BCUT2D eigenvalue weighted by atomic mass is 10.1. The Morgan fingerprint density at radius 2 is 1.30 bits per heavy atom. The second kappa shape index (κ2) is 7.98. The molecule has 154 valence electrons. The van der Waals surface area contributed by atoms with Crippen LogP contribution in [0.15, 0.2) is 54.6 Å². The number of benzene rings is 2. The molecule has 2 heterocycles. The number of amides is 4. The van der Waals surface area contributed by atoms with Crippen molar-refractivity contribution >= 4 is 23.8 Å². The number of imide groups is 1. The van der Waals surface area contributed by atoms with E-state index in [9.17, 15) is 19.2 Å². The molecule has 2 aliphatic heterocycles. The normalized spacial score (nSPS) is 17.0. The lowest BCUT2D eigenvalue weighted by molar-refractivity contribution is -0.136. The number of fused-ring (bicyclic) bond motifs is 1. The number of carbonyl (C=O) groups is 4. The van der Waals surface area contributed by atoms with E-state index in [0.717, 1.165) is 4.90 Å². The van der Waals surface area contributed by atoms with Gasteiger partial charge in [-0.05, 0) is 31.2 Å². The van der Waals surface area contributed by atoms with Crippen LogP contribution in [-0.2, 0) is 4.79 Å². The molecule has 8 nitrogen and oxygen atoms in total. The Kier molecular flexibility index (Phi) is 5.22. The highest BCUT2D eigenvalue weighted by Gasteiger charge is 2.42. The molecule has 1 atom stereocenters. The van der Waals surface area contributed by atoms with Crippen LogP contribution < -0.4 is 4.74 Å². The Morgan fingerprint density at radius 1 is 0.800 bits per heavy atom. The van der Waals surface area contributed by atoms with Crippen molar-refractivity contribution in [2.75, 3.05) is 26.2 Å². The van der Waals surface area contributed by atoms with Crippen molar-refractivity contribution in [3.8, 4) is 5.75 Å². The second-order valence-corrected chi connectivity index (χ2v) is 7.20. The predicted molar refractivity (Wildman–Crippen MR) is 107 cm³/mol. The van der Waals surface area contributed by atoms with Gasteiger partial charge in [0.25, 0.3) is 11.8 Å². The zero-order valence-corrected chi connectivity index (χ0v) is 16.5. The maximum atomic E-state index is 12.9. The highest BCUT2D eigenvalue weighted by molar-refractivity contribution is 6.22. The molecule has 8 heteroatoms. The molecular formula is C22H21N3O5. The van der Waals surface area contributed by atoms with E-state index < -0.39 is 23.9 Å². The molecule has 0 spiro atoms. The third-order valence-electron chi connectivity index (χ3n) is 5.37. The van der Waals surface area contributed by atoms with E-state index >= 15 is 0 Å². The molecule has 0 saturated carbocycles. The standard InChI is InChI=1S/C22H21N3O5/c1-15(25-20(27)17-9-5-6-10-18(17)21(25)28)19(26)23-11-13-24(14-12-23)22(29)30-16-7-3-2-4-8-16/h2-10,15H,11-14H2,1H3. The molecule has 0 bridgehead atoms. The minimum atomic E-state index is -0.916. The van der Waals surface area contributed by atoms with Crippen LogP contribution in [0.25, 0.3) is 0 Å². The fourth-order valence-electron chi connectivity index (χ4n) is 3.70. The SMILES string of the molecule is CC(C(=O)N1CCN(C(=O)Oc2ccccc2)CC1)N1C(=O)c2ccccc2C1=O. The molecule has 2 aliphatic rings. The van der Waals surface area contributed by atoms with Crippen molar-refractivity contribution in [3.05, 3.63) is 65.7 Å². The van der Waals surface area contributed by atoms with Crippen LogP contribution in [-0.4, -0.2) is 70.7 Å². The van der Waals surface area contributed by atoms with Gasteiger partial charge in [-0.2, -0.15) is 0 Å². The summed E-state index contributed by atoms with van der Waals surface area (Å²) in [7, 11) is 0. The van der Waals surface area contributed by atoms with Gasteiger partial charge in [0.15, 0.2) is 0 Å². The first-order chi connectivity index (χ1) is 14.5. The molecule has 1 fully saturated rings. The van der Waals surface area contributed by atoms with Crippen LogP contribution in [0.5, 0.6) is 5.75 Å². The number of hydrogen-bond acceptors (Lipinski definition) is 5. The number of para-hydroxylation sites is 1. The Balaban J connectivity index is 1.36. The van der Waals surface area contributed by atoms with Crippen LogP contribution >= 0.6 is 0 Å².